The van der Waals surface area contributed by atoms with Crippen LogP contribution >= 0.6 is 0 Å². The lowest BCUT2D eigenvalue weighted by Crippen LogP contribution is -2.21. The van der Waals surface area contributed by atoms with Gasteiger partial charge in [-0.3, -0.25) is 0 Å². The molecule has 0 bridgehead atoms. The minimum atomic E-state index is 0.228. The van der Waals surface area contributed by atoms with E-state index in [2.05, 4.69) is 199 Å². The first-order chi connectivity index (χ1) is 26.1. The maximum atomic E-state index is 4.52. The predicted molar refractivity (Wildman–Crippen MR) is 223 cm³/mol. The van der Waals surface area contributed by atoms with Crippen molar-refractivity contribution in [1.29, 1.82) is 0 Å². The van der Waals surface area contributed by atoms with E-state index in [1.165, 1.54) is 72.6 Å². The van der Waals surface area contributed by atoms with Crippen LogP contribution in [0.2, 0.25) is 0 Å². The maximum Gasteiger partial charge on any atom is 0.0537 e. The number of hydrogen-bond acceptors (Lipinski definition) is 1. The van der Waals surface area contributed by atoms with Crippen LogP contribution in [0.15, 0.2) is 205 Å². The van der Waals surface area contributed by atoms with Crippen LogP contribution in [-0.4, -0.2) is 4.57 Å². The summed E-state index contributed by atoms with van der Waals surface area (Å²) < 4.78 is 2.54. The summed E-state index contributed by atoms with van der Waals surface area (Å²) in [6.45, 7) is 6.89. The van der Waals surface area contributed by atoms with Gasteiger partial charge in [-0.15, -0.1) is 0 Å². The number of anilines is 1. The fourth-order valence-corrected chi connectivity index (χ4v) is 8.83. The van der Waals surface area contributed by atoms with Crippen LogP contribution < -0.4 is 4.90 Å². The molecule has 3 aliphatic rings. The Bertz CT molecular complexity index is 2470. The van der Waals surface area contributed by atoms with Crippen molar-refractivity contribution in [1.82, 2.24) is 4.57 Å². The summed E-state index contributed by atoms with van der Waals surface area (Å²) in [6, 6.07) is 50.9. The maximum absolute atomic E-state index is 4.52. The standard InChI is InChI=1S/C51H44N2/c1-36-17-14-15-32-52(43-23-10-5-11-24-43)48-30-28-40(34-46(36)48)41-29-31-50-47(35-41)45-26-12-13-27-49(45)53(50)44-25-16-22-42(33-44)51(39-20-8-4-9-21-39)37(2)38-18-6-3-7-19-38/h3-27,32-35,37,51H,1,28-31H2,2H3/b17-14-,32-15-. The first-order valence-electron chi connectivity index (χ1n) is 19.0. The van der Waals surface area contributed by atoms with Crippen molar-refractivity contribution >= 4 is 22.7 Å². The number of aromatic nitrogens is 1. The second-order valence-corrected chi connectivity index (χ2v) is 14.5. The molecule has 0 amide bonds. The van der Waals surface area contributed by atoms with Gasteiger partial charge in [-0.05, 0) is 114 Å². The number of rotatable bonds is 7. The zero-order chi connectivity index (χ0) is 35.7. The zero-order valence-corrected chi connectivity index (χ0v) is 30.3. The number of nitrogens with zero attached hydrogens (tertiary/aromatic N) is 2. The molecule has 2 heterocycles. The largest absolute Gasteiger partial charge is 0.320 e. The Kier molecular flexibility index (Phi) is 8.73. The van der Waals surface area contributed by atoms with Gasteiger partial charge in [0.1, 0.15) is 0 Å². The summed E-state index contributed by atoms with van der Waals surface area (Å²) in [7, 11) is 0. The highest BCUT2D eigenvalue weighted by atomic mass is 15.1. The van der Waals surface area contributed by atoms with Gasteiger partial charge in [0.2, 0.25) is 0 Å². The van der Waals surface area contributed by atoms with E-state index < -0.39 is 0 Å². The van der Waals surface area contributed by atoms with Crippen LogP contribution in [-0.2, 0) is 6.42 Å². The molecule has 53 heavy (non-hydrogen) atoms. The van der Waals surface area contributed by atoms with E-state index in [1.54, 1.807) is 0 Å². The van der Waals surface area contributed by atoms with Crippen LogP contribution in [0, 0.1) is 0 Å². The van der Waals surface area contributed by atoms with Gasteiger partial charge in [-0.1, -0.05) is 135 Å². The summed E-state index contributed by atoms with van der Waals surface area (Å²) in [5, 5.41) is 1.32. The third-order valence-corrected chi connectivity index (χ3v) is 11.4. The number of allylic oxidation sites excluding steroid dienone is 9. The molecule has 2 aliphatic carbocycles. The molecule has 2 nitrogen and oxygen atoms in total. The summed E-state index contributed by atoms with van der Waals surface area (Å²) in [5.74, 6) is 0.542. The van der Waals surface area contributed by atoms with Crippen LogP contribution in [0.25, 0.3) is 22.7 Å². The third-order valence-electron chi connectivity index (χ3n) is 11.4. The van der Waals surface area contributed by atoms with E-state index in [0.29, 0.717) is 5.92 Å². The second kappa shape index (κ2) is 14.1. The highest BCUT2D eigenvalue weighted by Crippen LogP contribution is 2.43. The lowest BCUT2D eigenvalue weighted by Gasteiger charge is -2.31. The third kappa shape index (κ3) is 6.15. The van der Waals surface area contributed by atoms with Crippen LogP contribution in [0.3, 0.4) is 0 Å². The zero-order valence-electron chi connectivity index (χ0n) is 30.3. The molecule has 2 heteroatoms. The van der Waals surface area contributed by atoms with E-state index in [-0.39, 0.29) is 5.92 Å². The van der Waals surface area contributed by atoms with Crippen LogP contribution in [0.5, 0.6) is 0 Å². The average molecular weight is 685 g/mol. The Balaban J connectivity index is 1.13. The van der Waals surface area contributed by atoms with E-state index >= 15 is 0 Å². The molecule has 5 aromatic carbocycles. The van der Waals surface area contributed by atoms with Gasteiger partial charge in [0, 0.05) is 51.4 Å². The molecule has 0 radical (unpaired) electrons. The van der Waals surface area contributed by atoms with Crippen molar-refractivity contribution in [2.75, 3.05) is 4.90 Å². The van der Waals surface area contributed by atoms with Crippen LogP contribution in [0.4, 0.5) is 5.69 Å². The Labute approximate surface area is 313 Å². The molecule has 9 rings (SSSR count). The fraction of sp³-hybridized carbons (Fsp3) is 0.137. The SMILES string of the molecule is C=C1/C=C\C=C/N(c2ccccc2)C2=C1C=C(C1=Cc3c(n(-c4cccc(C(c5ccccc5)C(C)c5ccccc5)c4)c4ccccc34)CC1)CC2. The molecule has 0 fully saturated rings. The summed E-state index contributed by atoms with van der Waals surface area (Å²) >= 11 is 0. The molecular formula is C51H44N2. The van der Waals surface area contributed by atoms with Crippen molar-refractivity contribution in [2.45, 2.75) is 44.4 Å². The lowest BCUT2D eigenvalue weighted by molar-refractivity contribution is 0.657. The van der Waals surface area contributed by atoms with E-state index in [4.69, 9.17) is 0 Å². The van der Waals surface area contributed by atoms with Crippen molar-refractivity contribution in [3.05, 3.63) is 233 Å². The number of para-hydroxylation sites is 2. The normalized spacial score (nSPS) is 17.9. The quantitative estimate of drug-likeness (QED) is 0.162. The first kappa shape index (κ1) is 32.8. The number of benzene rings is 5. The van der Waals surface area contributed by atoms with Gasteiger partial charge in [-0.2, -0.15) is 0 Å². The molecule has 1 aromatic heterocycles. The molecule has 2 atom stereocenters. The Morgan fingerprint density at radius 1 is 0.585 bits per heavy atom. The summed E-state index contributed by atoms with van der Waals surface area (Å²) in [4.78, 5) is 2.34. The van der Waals surface area contributed by atoms with Gasteiger partial charge in [-0.25, -0.2) is 0 Å². The van der Waals surface area contributed by atoms with Crippen molar-refractivity contribution in [3.63, 3.8) is 0 Å². The Morgan fingerprint density at radius 3 is 2.02 bits per heavy atom. The molecule has 6 aromatic rings. The fourth-order valence-electron chi connectivity index (χ4n) is 8.83. The van der Waals surface area contributed by atoms with Gasteiger partial charge >= 0.3 is 0 Å². The monoisotopic (exact) mass is 684 g/mol. The van der Waals surface area contributed by atoms with E-state index in [0.717, 1.165) is 31.3 Å². The lowest BCUT2D eigenvalue weighted by atomic mass is 9.78. The number of fused-ring (bicyclic) bond motifs is 3. The Hall–Kier alpha value is -6.12. The molecular weight excluding hydrogens is 641 g/mol. The van der Waals surface area contributed by atoms with Crippen molar-refractivity contribution in [2.24, 2.45) is 0 Å². The smallest absolute Gasteiger partial charge is 0.0537 e. The minimum absolute atomic E-state index is 0.228. The molecule has 258 valence electrons. The van der Waals surface area contributed by atoms with Gasteiger partial charge in [0.15, 0.2) is 0 Å². The molecule has 0 spiro atoms. The molecule has 1 aliphatic heterocycles. The number of hydrogen-bond donors (Lipinski definition) is 0. The molecule has 0 N–H and O–H groups in total. The van der Waals surface area contributed by atoms with Gasteiger partial charge in [0.05, 0.1) is 5.52 Å². The Morgan fingerprint density at radius 2 is 1.23 bits per heavy atom. The first-order valence-corrected chi connectivity index (χ1v) is 19.0. The van der Waals surface area contributed by atoms with E-state index in [1.807, 2.05) is 0 Å². The predicted octanol–water partition coefficient (Wildman–Crippen LogP) is 13.0. The molecule has 2 unspecified atom stereocenters. The highest BCUT2D eigenvalue weighted by molar-refractivity contribution is 5.94. The van der Waals surface area contributed by atoms with Crippen molar-refractivity contribution in [3.8, 4) is 5.69 Å². The minimum Gasteiger partial charge on any atom is -0.320 e. The molecule has 0 saturated carbocycles. The molecule has 0 saturated heterocycles. The highest BCUT2D eigenvalue weighted by Gasteiger charge is 2.28. The second-order valence-electron chi connectivity index (χ2n) is 14.5. The topological polar surface area (TPSA) is 8.17 Å². The average Bonchev–Trinajstić information content (AvgIpc) is 3.55. The van der Waals surface area contributed by atoms with Gasteiger partial charge in [0.25, 0.3) is 0 Å². The van der Waals surface area contributed by atoms with Gasteiger partial charge < -0.3 is 9.47 Å². The summed E-state index contributed by atoms with van der Waals surface area (Å²) in [6.07, 6.45) is 17.5. The van der Waals surface area contributed by atoms with Crippen molar-refractivity contribution < 1.29 is 0 Å². The van der Waals surface area contributed by atoms with Crippen LogP contribution in [0.1, 0.15) is 66.0 Å². The summed E-state index contributed by atoms with van der Waals surface area (Å²) in [5.41, 5.74) is 17.0. The van der Waals surface area contributed by atoms with E-state index in [9.17, 15) is 0 Å².